The number of para-hydroxylation sites is 1. The molecule has 1 aromatic rings. The van der Waals surface area contributed by atoms with Crippen LogP contribution in [0.4, 0.5) is 5.69 Å². The van der Waals surface area contributed by atoms with Gasteiger partial charge >= 0.3 is 5.69 Å². The molecule has 1 aliphatic rings. The van der Waals surface area contributed by atoms with Crippen molar-refractivity contribution in [2.75, 3.05) is 13.2 Å². The molecular formula is C14H17ClN2O4. The van der Waals surface area contributed by atoms with Crippen LogP contribution >= 0.6 is 11.6 Å². The summed E-state index contributed by atoms with van der Waals surface area (Å²) in [5.74, 6) is -0.515. The zero-order chi connectivity index (χ0) is 15.2. The van der Waals surface area contributed by atoms with E-state index in [4.69, 9.17) is 16.3 Å². The first-order valence-electron chi connectivity index (χ1n) is 6.92. The predicted octanol–water partition coefficient (Wildman–Crippen LogP) is 2.94. The van der Waals surface area contributed by atoms with Crippen LogP contribution in [0.5, 0.6) is 0 Å². The van der Waals surface area contributed by atoms with Gasteiger partial charge in [0.2, 0.25) is 0 Å². The number of nitro groups is 1. The van der Waals surface area contributed by atoms with E-state index in [2.05, 4.69) is 5.32 Å². The highest BCUT2D eigenvalue weighted by molar-refractivity contribution is 6.33. The lowest BCUT2D eigenvalue weighted by molar-refractivity contribution is -0.385. The van der Waals surface area contributed by atoms with Crippen LogP contribution in [0.25, 0.3) is 0 Å². The molecule has 0 spiro atoms. The van der Waals surface area contributed by atoms with Crippen LogP contribution in [-0.2, 0) is 4.74 Å². The summed E-state index contributed by atoms with van der Waals surface area (Å²) in [6, 6.07) is 4.29. The summed E-state index contributed by atoms with van der Waals surface area (Å²) in [4.78, 5) is 22.3. The van der Waals surface area contributed by atoms with Gasteiger partial charge in [-0.15, -0.1) is 0 Å². The Balaban J connectivity index is 1.88. The second-order valence-corrected chi connectivity index (χ2v) is 5.33. The van der Waals surface area contributed by atoms with Crippen molar-refractivity contribution >= 4 is 23.2 Å². The molecule has 0 heterocycles. The Hall–Kier alpha value is -1.66. The number of nitrogens with one attached hydrogen (secondary N) is 1. The summed E-state index contributed by atoms with van der Waals surface area (Å²) in [5, 5.41) is 13.5. The van der Waals surface area contributed by atoms with Crippen LogP contribution in [0.1, 0.15) is 36.0 Å². The van der Waals surface area contributed by atoms with Gasteiger partial charge in [-0.25, -0.2) is 0 Å². The molecule has 1 saturated carbocycles. The smallest absolute Gasteiger partial charge is 0.300 e. The largest absolute Gasteiger partial charge is 0.376 e. The van der Waals surface area contributed by atoms with E-state index in [-0.39, 0.29) is 22.4 Å². The number of nitrogens with zero attached hydrogens (tertiary/aromatic N) is 1. The number of hydrogen-bond donors (Lipinski definition) is 1. The Labute approximate surface area is 127 Å². The van der Waals surface area contributed by atoms with Gasteiger partial charge < -0.3 is 10.1 Å². The van der Waals surface area contributed by atoms with Gasteiger partial charge in [0.25, 0.3) is 5.91 Å². The molecule has 6 nitrogen and oxygen atoms in total. The molecule has 0 atom stereocenters. The molecule has 1 aliphatic carbocycles. The zero-order valence-corrected chi connectivity index (χ0v) is 12.3. The fourth-order valence-electron chi connectivity index (χ4n) is 2.42. The Morgan fingerprint density at radius 1 is 1.43 bits per heavy atom. The lowest BCUT2D eigenvalue weighted by Gasteiger charge is -2.11. The van der Waals surface area contributed by atoms with E-state index in [1.807, 2.05) is 0 Å². The molecule has 1 amide bonds. The molecule has 0 saturated heterocycles. The van der Waals surface area contributed by atoms with E-state index in [0.29, 0.717) is 13.2 Å². The highest BCUT2D eigenvalue weighted by Gasteiger charge is 2.23. The van der Waals surface area contributed by atoms with Crippen molar-refractivity contribution in [1.82, 2.24) is 5.32 Å². The number of carbonyl (C=O) groups excluding carboxylic acids is 1. The number of ether oxygens (including phenoxy) is 1. The summed E-state index contributed by atoms with van der Waals surface area (Å²) in [6.45, 7) is 0.726. The zero-order valence-electron chi connectivity index (χ0n) is 11.5. The average molecular weight is 313 g/mol. The van der Waals surface area contributed by atoms with Crippen LogP contribution < -0.4 is 5.32 Å². The van der Waals surface area contributed by atoms with E-state index in [1.54, 1.807) is 0 Å². The third-order valence-electron chi connectivity index (χ3n) is 3.46. The maximum atomic E-state index is 12.0. The molecule has 1 fully saturated rings. The Morgan fingerprint density at radius 3 is 2.81 bits per heavy atom. The van der Waals surface area contributed by atoms with Crippen molar-refractivity contribution in [3.8, 4) is 0 Å². The summed E-state index contributed by atoms with van der Waals surface area (Å²) in [5.41, 5.74) is -0.401. The molecule has 21 heavy (non-hydrogen) atoms. The fourth-order valence-corrected chi connectivity index (χ4v) is 2.67. The third kappa shape index (κ3) is 4.15. The van der Waals surface area contributed by atoms with E-state index in [1.165, 1.54) is 31.0 Å². The molecule has 2 rings (SSSR count). The number of hydrogen-bond acceptors (Lipinski definition) is 4. The molecular weight excluding hydrogens is 296 g/mol. The topological polar surface area (TPSA) is 81.5 Å². The first-order valence-corrected chi connectivity index (χ1v) is 7.30. The number of nitro benzene ring substituents is 1. The highest BCUT2D eigenvalue weighted by atomic mass is 35.5. The minimum atomic E-state index is -0.647. The number of halogens is 1. The normalized spacial score (nSPS) is 15.1. The molecule has 0 aromatic heterocycles. The van der Waals surface area contributed by atoms with Crippen LogP contribution in [0.3, 0.4) is 0 Å². The van der Waals surface area contributed by atoms with Crippen molar-refractivity contribution in [2.24, 2.45) is 0 Å². The van der Waals surface area contributed by atoms with Crippen LogP contribution in [0.15, 0.2) is 18.2 Å². The summed E-state index contributed by atoms with van der Waals surface area (Å²) in [7, 11) is 0. The molecule has 1 N–H and O–H groups in total. The number of amides is 1. The van der Waals surface area contributed by atoms with Gasteiger partial charge in [0.05, 0.1) is 17.6 Å². The quantitative estimate of drug-likeness (QED) is 0.497. The Kier molecular flexibility index (Phi) is 5.52. The highest BCUT2D eigenvalue weighted by Crippen LogP contribution is 2.28. The van der Waals surface area contributed by atoms with Gasteiger partial charge in [-0.2, -0.15) is 0 Å². The molecule has 1 aromatic carbocycles. The Bertz CT molecular complexity index is 530. The first-order chi connectivity index (χ1) is 10.1. The van der Waals surface area contributed by atoms with Crippen molar-refractivity contribution < 1.29 is 14.5 Å². The third-order valence-corrected chi connectivity index (χ3v) is 3.76. The van der Waals surface area contributed by atoms with Gasteiger partial charge in [0, 0.05) is 6.54 Å². The second kappa shape index (κ2) is 7.38. The van der Waals surface area contributed by atoms with Gasteiger partial charge in [-0.1, -0.05) is 30.5 Å². The van der Waals surface area contributed by atoms with Crippen LogP contribution in [0.2, 0.25) is 5.02 Å². The average Bonchev–Trinajstić information content (AvgIpc) is 2.95. The minimum absolute atomic E-state index is 0.0339. The van der Waals surface area contributed by atoms with E-state index in [9.17, 15) is 14.9 Å². The molecule has 0 unspecified atom stereocenters. The first kappa shape index (κ1) is 15.7. The van der Waals surface area contributed by atoms with E-state index >= 15 is 0 Å². The predicted molar refractivity (Wildman–Crippen MR) is 78.6 cm³/mol. The maximum Gasteiger partial charge on any atom is 0.300 e. The number of benzene rings is 1. The van der Waals surface area contributed by atoms with Crippen molar-refractivity contribution in [2.45, 2.75) is 31.8 Å². The van der Waals surface area contributed by atoms with Gasteiger partial charge in [-0.3, -0.25) is 14.9 Å². The van der Waals surface area contributed by atoms with Crippen LogP contribution in [0, 0.1) is 10.1 Å². The molecule has 7 heteroatoms. The van der Waals surface area contributed by atoms with Gasteiger partial charge in [0.15, 0.2) is 0 Å². The molecule has 114 valence electrons. The fraction of sp³-hybridized carbons (Fsp3) is 0.500. The monoisotopic (exact) mass is 312 g/mol. The van der Waals surface area contributed by atoms with E-state index in [0.717, 1.165) is 12.8 Å². The molecule has 0 aliphatic heterocycles. The van der Waals surface area contributed by atoms with E-state index < -0.39 is 10.8 Å². The Morgan fingerprint density at radius 2 is 2.14 bits per heavy atom. The standard InChI is InChI=1S/C14H17ClN2O4/c15-12-7-3-6-11(13(12)17(19)20)14(18)16-8-9-21-10-4-1-2-5-10/h3,6-7,10H,1-2,4-5,8-9H2,(H,16,18). The van der Waals surface area contributed by atoms with Crippen molar-refractivity contribution in [1.29, 1.82) is 0 Å². The molecule has 0 radical (unpaired) electrons. The van der Waals surface area contributed by atoms with Gasteiger partial charge in [0.1, 0.15) is 10.6 Å². The number of rotatable bonds is 6. The lowest BCUT2D eigenvalue weighted by atomic mass is 10.1. The van der Waals surface area contributed by atoms with Crippen molar-refractivity contribution in [3.05, 3.63) is 38.9 Å². The summed E-state index contributed by atoms with van der Waals surface area (Å²) in [6.07, 6.45) is 4.78. The van der Waals surface area contributed by atoms with Gasteiger partial charge in [-0.05, 0) is 25.0 Å². The van der Waals surface area contributed by atoms with Crippen molar-refractivity contribution in [3.63, 3.8) is 0 Å². The summed E-state index contributed by atoms with van der Waals surface area (Å²) < 4.78 is 5.62. The lowest BCUT2D eigenvalue weighted by Crippen LogP contribution is -2.29. The SMILES string of the molecule is O=C(NCCOC1CCCC1)c1cccc(Cl)c1[N+](=O)[O-]. The van der Waals surface area contributed by atoms with Crippen LogP contribution in [-0.4, -0.2) is 30.1 Å². The second-order valence-electron chi connectivity index (χ2n) is 4.93. The number of carbonyl (C=O) groups is 1. The molecule has 0 bridgehead atoms. The summed E-state index contributed by atoms with van der Waals surface area (Å²) >= 11 is 5.77. The minimum Gasteiger partial charge on any atom is -0.376 e. The maximum absolute atomic E-state index is 12.0.